The second-order valence-electron chi connectivity index (χ2n) is 8.60. The Morgan fingerprint density at radius 2 is 1.29 bits per heavy atom. The lowest BCUT2D eigenvalue weighted by Crippen LogP contribution is -2.70. The Bertz CT molecular complexity index is 1050. The summed E-state index contributed by atoms with van der Waals surface area (Å²) in [6, 6.07) is 31.7. The molecule has 0 aromatic heterocycles. The molecule has 0 saturated heterocycles. The van der Waals surface area contributed by atoms with Gasteiger partial charge in [0.05, 0.1) is 12.7 Å². The molecule has 3 aromatic rings. The first-order valence-corrected chi connectivity index (χ1v) is 15.1. The molecule has 5 heteroatoms. The molecule has 182 valence electrons. The topological polar surface area (TPSA) is 35.5 Å². The zero-order valence-electron chi connectivity index (χ0n) is 20.8. The third-order valence-electron chi connectivity index (χ3n) is 6.05. The van der Waals surface area contributed by atoms with Gasteiger partial charge in [0.25, 0.3) is 8.32 Å². The van der Waals surface area contributed by atoms with E-state index < -0.39 is 8.32 Å². The van der Waals surface area contributed by atoms with Gasteiger partial charge in [-0.15, -0.1) is 0 Å². The second kappa shape index (κ2) is 13.0. The lowest BCUT2D eigenvalue weighted by Gasteiger charge is -2.38. The molecule has 0 amide bonds. The summed E-state index contributed by atoms with van der Waals surface area (Å²) in [6.45, 7) is 8.20. The van der Waals surface area contributed by atoms with Gasteiger partial charge in [0.15, 0.2) is 0 Å². The highest BCUT2D eigenvalue weighted by Gasteiger charge is 2.44. The van der Waals surface area contributed by atoms with Crippen molar-refractivity contribution in [3.05, 3.63) is 112 Å². The quantitative estimate of drug-likeness (QED) is 0.102. The van der Waals surface area contributed by atoms with E-state index in [-0.39, 0.29) is 18.0 Å². The fraction of sp³-hybridized carbons (Fsp3) is 0.233. The van der Waals surface area contributed by atoms with E-state index in [0.717, 1.165) is 5.57 Å². The maximum atomic E-state index is 12.4. The van der Waals surface area contributed by atoms with Crippen molar-refractivity contribution >= 4 is 52.4 Å². The third kappa shape index (κ3) is 6.40. The van der Waals surface area contributed by atoms with Crippen molar-refractivity contribution in [2.45, 2.75) is 33.8 Å². The van der Waals surface area contributed by atoms with E-state index in [1.165, 1.54) is 15.6 Å². The Morgan fingerprint density at radius 1 is 0.857 bits per heavy atom. The molecule has 0 N–H and O–H groups in total. The van der Waals surface area contributed by atoms with Crippen LogP contribution in [0.15, 0.2) is 112 Å². The van der Waals surface area contributed by atoms with Gasteiger partial charge in [-0.2, -0.15) is 0 Å². The molecule has 0 aliphatic heterocycles. The normalized spacial score (nSPS) is 14.3. The first kappa shape index (κ1) is 27.1. The van der Waals surface area contributed by atoms with Crippen LogP contribution in [0.1, 0.15) is 27.7 Å². The zero-order valence-corrected chi connectivity index (χ0v) is 23.9. The SMILES string of the molecule is CCOC(=O)/C(C)=C/[C@@H](C)[C@@H](O[Si](c1ccccc1)(c1ccccc1)c1ccccc1)/C(C)=C/I. The fourth-order valence-electron chi connectivity index (χ4n) is 4.38. The largest absolute Gasteiger partial charge is 0.463 e. The van der Waals surface area contributed by atoms with Crippen molar-refractivity contribution in [1.29, 1.82) is 0 Å². The number of esters is 1. The van der Waals surface area contributed by atoms with Gasteiger partial charge in [0.1, 0.15) is 0 Å². The van der Waals surface area contributed by atoms with Crippen LogP contribution in [0.4, 0.5) is 0 Å². The molecule has 3 aromatic carbocycles. The lowest BCUT2D eigenvalue weighted by molar-refractivity contribution is -0.138. The number of ether oxygens (including phenoxy) is 1. The summed E-state index contributed by atoms with van der Waals surface area (Å²) in [7, 11) is -2.91. The van der Waals surface area contributed by atoms with Gasteiger partial charge in [-0.1, -0.05) is 127 Å². The second-order valence-corrected chi connectivity index (χ2v) is 12.6. The first-order valence-electron chi connectivity index (χ1n) is 11.9. The van der Waals surface area contributed by atoms with Crippen LogP contribution in [0, 0.1) is 5.92 Å². The van der Waals surface area contributed by atoms with E-state index in [0.29, 0.717) is 12.2 Å². The lowest BCUT2D eigenvalue weighted by atomic mass is 9.97. The van der Waals surface area contributed by atoms with Gasteiger partial charge in [-0.25, -0.2) is 4.79 Å². The summed E-state index contributed by atoms with van der Waals surface area (Å²) < 4.78 is 14.7. The van der Waals surface area contributed by atoms with E-state index in [2.05, 4.69) is 113 Å². The van der Waals surface area contributed by atoms with E-state index in [9.17, 15) is 4.79 Å². The maximum Gasteiger partial charge on any atom is 0.333 e. The minimum Gasteiger partial charge on any atom is -0.463 e. The smallest absolute Gasteiger partial charge is 0.333 e. The van der Waals surface area contributed by atoms with Crippen LogP contribution in [0.2, 0.25) is 0 Å². The summed E-state index contributed by atoms with van der Waals surface area (Å²) in [5.41, 5.74) is 1.71. The van der Waals surface area contributed by atoms with Crippen molar-refractivity contribution in [2.24, 2.45) is 5.92 Å². The minimum absolute atomic E-state index is 0.0477. The van der Waals surface area contributed by atoms with Crippen LogP contribution in [0.3, 0.4) is 0 Å². The van der Waals surface area contributed by atoms with E-state index in [1.54, 1.807) is 0 Å². The molecule has 0 saturated carbocycles. The number of benzene rings is 3. The summed E-state index contributed by atoms with van der Waals surface area (Å²) >= 11 is 2.28. The number of carbonyl (C=O) groups is 1. The zero-order chi connectivity index (χ0) is 25.3. The van der Waals surface area contributed by atoms with Crippen LogP contribution < -0.4 is 15.6 Å². The number of hydrogen-bond donors (Lipinski definition) is 0. The maximum absolute atomic E-state index is 12.4. The summed E-state index contributed by atoms with van der Waals surface area (Å²) in [4.78, 5) is 12.4. The van der Waals surface area contributed by atoms with Gasteiger partial charge in [-0.3, -0.25) is 0 Å². The molecular formula is C30H33IO3Si. The Balaban J connectivity index is 2.22. The van der Waals surface area contributed by atoms with Crippen molar-refractivity contribution in [3.63, 3.8) is 0 Å². The Hall–Kier alpha value is -2.48. The van der Waals surface area contributed by atoms with Crippen molar-refractivity contribution in [1.82, 2.24) is 0 Å². The molecule has 0 heterocycles. The first-order chi connectivity index (χ1) is 16.9. The molecular weight excluding hydrogens is 563 g/mol. The standard InChI is InChI=1S/C30H33IO3Si/c1-5-33-30(32)24(3)21-23(2)29(25(4)22-31)34-35(26-15-9-6-10-16-26,27-17-11-7-12-18-27)28-19-13-8-14-20-28/h6-23,29H,5H2,1-4H3/b24-21+,25-22+/t23-,29-/m1/s1. The summed E-state index contributed by atoms with van der Waals surface area (Å²) in [6.07, 6.45) is 1.75. The molecule has 0 fully saturated rings. The highest BCUT2D eigenvalue weighted by atomic mass is 127. The number of carbonyl (C=O) groups excluding carboxylic acids is 1. The van der Waals surface area contributed by atoms with Crippen LogP contribution in [-0.4, -0.2) is 27.0 Å². The monoisotopic (exact) mass is 596 g/mol. The Kier molecular flexibility index (Phi) is 10.1. The summed E-state index contributed by atoms with van der Waals surface area (Å²) in [5.74, 6) is -0.333. The molecule has 0 spiro atoms. The molecule has 3 rings (SSSR count). The van der Waals surface area contributed by atoms with Gasteiger partial charge >= 0.3 is 5.97 Å². The molecule has 0 bridgehead atoms. The van der Waals surface area contributed by atoms with Crippen LogP contribution >= 0.6 is 22.6 Å². The van der Waals surface area contributed by atoms with Crippen LogP contribution in [0.25, 0.3) is 0 Å². The highest BCUT2D eigenvalue weighted by molar-refractivity contribution is 14.1. The number of rotatable bonds is 10. The van der Waals surface area contributed by atoms with Crippen molar-refractivity contribution in [2.75, 3.05) is 6.61 Å². The van der Waals surface area contributed by atoms with Crippen LogP contribution in [0.5, 0.6) is 0 Å². The van der Waals surface area contributed by atoms with Crippen molar-refractivity contribution < 1.29 is 14.0 Å². The Labute approximate surface area is 224 Å². The highest BCUT2D eigenvalue weighted by Crippen LogP contribution is 2.25. The Morgan fingerprint density at radius 3 is 1.66 bits per heavy atom. The molecule has 3 nitrogen and oxygen atoms in total. The third-order valence-corrected chi connectivity index (χ3v) is 11.1. The van der Waals surface area contributed by atoms with Crippen molar-refractivity contribution in [3.8, 4) is 0 Å². The van der Waals surface area contributed by atoms with E-state index >= 15 is 0 Å². The predicted octanol–water partition coefficient (Wildman–Crippen LogP) is 5.52. The average molecular weight is 597 g/mol. The molecule has 0 aliphatic carbocycles. The van der Waals surface area contributed by atoms with Gasteiger partial charge in [0.2, 0.25) is 0 Å². The fourth-order valence-corrected chi connectivity index (χ4v) is 8.91. The summed E-state index contributed by atoms with van der Waals surface area (Å²) in [5, 5.41) is 3.55. The predicted molar refractivity (Wildman–Crippen MR) is 156 cm³/mol. The number of halogens is 1. The van der Waals surface area contributed by atoms with Gasteiger partial charge in [-0.05, 0) is 46.0 Å². The molecule has 0 unspecified atom stereocenters. The number of hydrogen-bond acceptors (Lipinski definition) is 3. The van der Waals surface area contributed by atoms with Gasteiger partial charge < -0.3 is 9.16 Å². The minimum atomic E-state index is -2.91. The van der Waals surface area contributed by atoms with E-state index in [4.69, 9.17) is 9.16 Å². The van der Waals surface area contributed by atoms with Crippen LogP contribution in [-0.2, 0) is 14.0 Å². The molecule has 35 heavy (non-hydrogen) atoms. The molecule has 2 atom stereocenters. The molecule has 0 aliphatic rings. The average Bonchev–Trinajstić information content (AvgIpc) is 2.90. The van der Waals surface area contributed by atoms with E-state index in [1.807, 2.05) is 38.1 Å². The molecule has 0 radical (unpaired) electrons. The van der Waals surface area contributed by atoms with Gasteiger partial charge in [0, 0.05) is 11.5 Å².